The molecule has 0 unspecified atom stereocenters. The number of hydrogen-bond donors (Lipinski definition) is 1. The molecule has 0 saturated heterocycles. The van der Waals surface area contributed by atoms with E-state index in [0.29, 0.717) is 0 Å². The fraction of sp³-hybridized carbons (Fsp3) is 0.0385. The fourth-order valence-corrected chi connectivity index (χ4v) is 3.90. The molecule has 3 nitrogen and oxygen atoms in total. The summed E-state index contributed by atoms with van der Waals surface area (Å²) in [7, 11) is 2.00. The quantitative estimate of drug-likeness (QED) is 0.316. The molecule has 5 rings (SSSR count). The normalized spacial score (nSPS) is 11.8. The van der Waals surface area contributed by atoms with E-state index < -0.39 is 0 Å². The second-order valence-electron chi connectivity index (χ2n) is 7.31. The van der Waals surface area contributed by atoms with Crippen LogP contribution < -0.4 is 5.43 Å². The molecule has 1 aromatic heterocycles. The van der Waals surface area contributed by atoms with Crippen LogP contribution in [-0.2, 0) is 7.05 Å². The van der Waals surface area contributed by atoms with E-state index in [-0.39, 0.29) is 11.2 Å². The average Bonchev–Trinajstić information content (AvgIpc) is 2.76. The number of aryl methyl sites for hydroxylation is 1. The smallest absolute Gasteiger partial charge is 0.197 e. The molecule has 0 aliphatic carbocycles. The van der Waals surface area contributed by atoms with E-state index in [1.807, 2.05) is 61.6 Å². The van der Waals surface area contributed by atoms with Gasteiger partial charge in [0, 0.05) is 17.8 Å². The Kier molecular flexibility index (Phi) is 3.95. The lowest BCUT2D eigenvalue weighted by Crippen LogP contribution is -2.08. The molecular formula is C26H19NO2. The van der Waals surface area contributed by atoms with Gasteiger partial charge in [-0.25, -0.2) is 0 Å². The first kappa shape index (κ1) is 17.3. The zero-order chi connectivity index (χ0) is 20.0. The molecular weight excluding hydrogens is 358 g/mol. The standard InChI is InChI=1S/C26H19NO2/c1-27-24-5-3-2-4-22(24)26(29)23-13-9-18(15-25(23)27)7-6-17-8-10-20-16-21(28)12-11-19(20)14-17/h2-16,28H,1H3/b7-6+. The van der Waals surface area contributed by atoms with Gasteiger partial charge in [0.1, 0.15) is 5.75 Å². The third-order valence-electron chi connectivity index (χ3n) is 5.45. The fourth-order valence-electron chi connectivity index (χ4n) is 3.90. The van der Waals surface area contributed by atoms with Crippen molar-refractivity contribution in [2.24, 2.45) is 7.05 Å². The van der Waals surface area contributed by atoms with Gasteiger partial charge in [-0.15, -0.1) is 0 Å². The minimum absolute atomic E-state index is 0.0713. The van der Waals surface area contributed by atoms with Gasteiger partial charge in [0.15, 0.2) is 5.43 Å². The Morgan fingerprint density at radius 1 is 0.724 bits per heavy atom. The van der Waals surface area contributed by atoms with Crippen molar-refractivity contribution in [2.75, 3.05) is 0 Å². The number of pyridine rings is 1. The van der Waals surface area contributed by atoms with Gasteiger partial charge in [-0.2, -0.15) is 0 Å². The van der Waals surface area contributed by atoms with Crippen molar-refractivity contribution < 1.29 is 5.11 Å². The predicted octanol–water partition coefficient (Wildman–Crippen LogP) is 5.72. The molecule has 1 heterocycles. The number of fused-ring (bicyclic) bond motifs is 3. The Hall–Kier alpha value is -3.85. The molecule has 5 aromatic rings. The number of phenols is 1. The highest BCUT2D eigenvalue weighted by molar-refractivity contribution is 5.94. The second kappa shape index (κ2) is 6.64. The third-order valence-corrected chi connectivity index (χ3v) is 5.45. The number of hydrogen-bond acceptors (Lipinski definition) is 2. The van der Waals surface area contributed by atoms with Gasteiger partial charge in [0.05, 0.1) is 11.0 Å². The molecule has 0 spiro atoms. The molecule has 0 bridgehead atoms. The molecule has 140 valence electrons. The van der Waals surface area contributed by atoms with Crippen molar-refractivity contribution in [3.63, 3.8) is 0 Å². The molecule has 0 aliphatic rings. The Balaban J connectivity index is 1.58. The van der Waals surface area contributed by atoms with Crippen molar-refractivity contribution in [3.05, 3.63) is 100 Å². The molecule has 3 heteroatoms. The van der Waals surface area contributed by atoms with Crippen LogP contribution in [0.25, 0.3) is 44.7 Å². The molecule has 0 amide bonds. The van der Waals surface area contributed by atoms with Crippen LogP contribution in [0.3, 0.4) is 0 Å². The minimum Gasteiger partial charge on any atom is -0.508 e. The zero-order valence-electron chi connectivity index (χ0n) is 16.0. The number of nitrogens with zero attached hydrogens (tertiary/aromatic N) is 1. The zero-order valence-corrected chi connectivity index (χ0v) is 16.0. The lowest BCUT2D eigenvalue weighted by atomic mass is 10.0. The summed E-state index contributed by atoms with van der Waals surface area (Å²) in [6.45, 7) is 0. The maximum absolute atomic E-state index is 12.8. The summed E-state index contributed by atoms with van der Waals surface area (Å²) in [4.78, 5) is 12.8. The van der Waals surface area contributed by atoms with Crippen LogP contribution in [-0.4, -0.2) is 9.67 Å². The number of para-hydroxylation sites is 1. The van der Waals surface area contributed by atoms with Crippen molar-refractivity contribution in [1.82, 2.24) is 4.57 Å². The third kappa shape index (κ3) is 2.97. The number of aromatic nitrogens is 1. The van der Waals surface area contributed by atoms with Crippen molar-refractivity contribution in [2.45, 2.75) is 0 Å². The molecule has 0 radical (unpaired) electrons. The predicted molar refractivity (Wildman–Crippen MR) is 121 cm³/mol. The van der Waals surface area contributed by atoms with E-state index in [0.717, 1.165) is 43.7 Å². The highest BCUT2D eigenvalue weighted by Crippen LogP contribution is 2.23. The van der Waals surface area contributed by atoms with Crippen LogP contribution in [0.5, 0.6) is 5.75 Å². The average molecular weight is 377 g/mol. The van der Waals surface area contributed by atoms with E-state index in [1.165, 1.54) is 0 Å². The monoisotopic (exact) mass is 377 g/mol. The molecule has 0 fully saturated rings. The van der Waals surface area contributed by atoms with E-state index in [2.05, 4.69) is 28.9 Å². The lowest BCUT2D eigenvalue weighted by Gasteiger charge is -2.10. The largest absolute Gasteiger partial charge is 0.508 e. The van der Waals surface area contributed by atoms with Crippen LogP contribution in [0.4, 0.5) is 0 Å². The van der Waals surface area contributed by atoms with E-state index in [1.54, 1.807) is 12.1 Å². The van der Waals surface area contributed by atoms with Gasteiger partial charge in [-0.3, -0.25) is 4.79 Å². The van der Waals surface area contributed by atoms with Crippen molar-refractivity contribution in [3.8, 4) is 5.75 Å². The van der Waals surface area contributed by atoms with Gasteiger partial charge >= 0.3 is 0 Å². The van der Waals surface area contributed by atoms with Crippen LogP contribution in [0.1, 0.15) is 11.1 Å². The Morgan fingerprint density at radius 2 is 1.38 bits per heavy atom. The first-order valence-corrected chi connectivity index (χ1v) is 9.52. The number of phenolic OH excluding ortho intramolecular Hbond substituents is 1. The maximum Gasteiger partial charge on any atom is 0.197 e. The molecule has 1 N–H and O–H groups in total. The number of aromatic hydroxyl groups is 1. The molecule has 29 heavy (non-hydrogen) atoms. The molecule has 0 aliphatic heterocycles. The van der Waals surface area contributed by atoms with Crippen LogP contribution in [0, 0.1) is 0 Å². The highest BCUT2D eigenvalue weighted by atomic mass is 16.3. The van der Waals surface area contributed by atoms with E-state index >= 15 is 0 Å². The van der Waals surface area contributed by atoms with Crippen LogP contribution >= 0.6 is 0 Å². The van der Waals surface area contributed by atoms with Crippen molar-refractivity contribution >= 4 is 44.7 Å². The number of benzene rings is 4. The summed E-state index contributed by atoms with van der Waals surface area (Å²) in [6.07, 6.45) is 4.12. The molecule has 0 atom stereocenters. The first-order valence-electron chi connectivity index (χ1n) is 9.52. The van der Waals surface area contributed by atoms with Crippen LogP contribution in [0.2, 0.25) is 0 Å². The summed E-state index contributed by atoms with van der Waals surface area (Å²) in [5, 5.41) is 13.2. The summed E-state index contributed by atoms with van der Waals surface area (Å²) < 4.78 is 2.08. The molecule has 0 saturated carbocycles. The second-order valence-corrected chi connectivity index (χ2v) is 7.31. The number of rotatable bonds is 2. The van der Waals surface area contributed by atoms with Gasteiger partial charge in [-0.1, -0.05) is 48.6 Å². The van der Waals surface area contributed by atoms with E-state index in [9.17, 15) is 9.90 Å². The summed E-state index contributed by atoms with van der Waals surface area (Å²) in [5.74, 6) is 0.273. The SMILES string of the molecule is Cn1c2ccccc2c(=O)c2ccc(/C=C/c3ccc4cc(O)ccc4c3)cc21. The topological polar surface area (TPSA) is 42.2 Å². The highest BCUT2D eigenvalue weighted by Gasteiger charge is 2.08. The summed E-state index contributed by atoms with van der Waals surface area (Å²) >= 11 is 0. The lowest BCUT2D eigenvalue weighted by molar-refractivity contribution is 0.476. The first-order chi connectivity index (χ1) is 14.1. The van der Waals surface area contributed by atoms with Gasteiger partial charge in [0.2, 0.25) is 0 Å². The summed E-state index contributed by atoms with van der Waals surface area (Å²) in [6, 6.07) is 25.2. The van der Waals surface area contributed by atoms with Gasteiger partial charge in [0.25, 0.3) is 0 Å². The van der Waals surface area contributed by atoms with Crippen LogP contribution in [0.15, 0.2) is 83.7 Å². The maximum atomic E-state index is 12.8. The van der Waals surface area contributed by atoms with Crippen molar-refractivity contribution in [1.29, 1.82) is 0 Å². The molecule has 4 aromatic carbocycles. The summed E-state index contributed by atoms with van der Waals surface area (Å²) in [5.41, 5.74) is 4.04. The Bertz CT molecular complexity index is 1490. The Morgan fingerprint density at radius 3 is 2.24 bits per heavy atom. The van der Waals surface area contributed by atoms with E-state index in [4.69, 9.17) is 0 Å². The van der Waals surface area contributed by atoms with Gasteiger partial charge < -0.3 is 9.67 Å². The minimum atomic E-state index is 0.0713. The van der Waals surface area contributed by atoms with Gasteiger partial charge in [-0.05, 0) is 64.4 Å². The Labute approximate surface area is 167 Å².